The van der Waals surface area contributed by atoms with Gasteiger partial charge in [-0.15, -0.1) is 0 Å². The largest absolute Gasteiger partial charge is 0.379 e. The molecule has 0 saturated carbocycles. The normalized spacial score (nSPS) is 23.2. The summed E-state index contributed by atoms with van der Waals surface area (Å²) in [7, 11) is 2.17. The summed E-state index contributed by atoms with van der Waals surface area (Å²) in [5, 5.41) is 1.26. The molecule has 1 fully saturated rings. The summed E-state index contributed by atoms with van der Waals surface area (Å²) >= 11 is 6.47. The van der Waals surface area contributed by atoms with Crippen molar-refractivity contribution >= 4 is 29.0 Å². The summed E-state index contributed by atoms with van der Waals surface area (Å²) in [5.74, 6) is 2.42. The van der Waals surface area contributed by atoms with E-state index < -0.39 is 6.19 Å². The van der Waals surface area contributed by atoms with Crippen LogP contribution in [0.1, 0.15) is 19.4 Å². The molecule has 0 radical (unpaired) electrons. The molecule has 2 aliphatic rings. The van der Waals surface area contributed by atoms with Gasteiger partial charge in [0, 0.05) is 42.2 Å². The van der Waals surface area contributed by atoms with Gasteiger partial charge >= 0.3 is 0 Å². The molecule has 0 bridgehead atoms. The zero-order valence-electron chi connectivity index (χ0n) is 16.3. The molecular weight excluding hydrogens is 371 g/mol. The summed E-state index contributed by atoms with van der Waals surface area (Å²) in [5.41, 5.74) is 3.90. The molecule has 2 aromatic rings. The van der Waals surface area contributed by atoms with Crippen molar-refractivity contribution in [3.05, 3.63) is 71.7 Å². The number of anilines is 1. The van der Waals surface area contributed by atoms with Crippen LogP contribution < -0.4 is 10.2 Å². The number of likely N-dealkylation sites (N-methyl/N-ethyl adjacent to an activating group) is 1. The van der Waals surface area contributed by atoms with Crippen molar-refractivity contribution in [2.45, 2.75) is 19.3 Å². The maximum Gasteiger partial charge on any atom is 0.0659 e. The number of rotatable bonds is 3. The second-order valence-corrected chi connectivity index (χ2v) is 12.0. The van der Waals surface area contributed by atoms with Gasteiger partial charge < -0.3 is 9.64 Å². The fraction of sp³-hybridized carbons (Fsp3) is 0.364. The molecule has 27 heavy (non-hydrogen) atoms. The highest BCUT2D eigenvalue weighted by molar-refractivity contribution is 8.18. The number of benzene rings is 2. The van der Waals surface area contributed by atoms with Crippen molar-refractivity contribution in [2.24, 2.45) is 0 Å². The van der Waals surface area contributed by atoms with Gasteiger partial charge in [-0.2, -0.15) is 0 Å². The first-order valence-electron chi connectivity index (χ1n) is 9.50. The van der Waals surface area contributed by atoms with Crippen LogP contribution >= 0.6 is 6.19 Å². The molecular formula is C22H27N2OPS. The maximum absolute atomic E-state index is 6.47. The Morgan fingerprint density at radius 1 is 1.00 bits per heavy atom. The first-order chi connectivity index (χ1) is 12.9. The van der Waals surface area contributed by atoms with Crippen molar-refractivity contribution in [3.63, 3.8) is 0 Å². The second-order valence-electron chi connectivity index (χ2n) is 7.74. The van der Waals surface area contributed by atoms with Crippen molar-refractivity contribution in [2.75, 3.05) is 38.3 Å². The predicted molar refractivity (Wildman–Crippen MR) is 119 cm³/mol. The minimum atomic E-state index is -2.06. The monoisotopic (exact) mass is 398 g/mol. The Morgan fingerprint density at radius 3 is 2.30 bits per heavy atom. The van der Waals surface area contributed by atoms with E-state index in [1.807, 2.05) is 0 Å². The van der Waals surface area contributed by atoms with E-state index in [0.717, 1.165) is 26.3 Å². The van der Waals surface area contributed by atoms with Gasteiger partial charge in [0.05, 0.1) is 19.4 Å². The molecule has 0 N–H and O–H groups in total. The fourth-order valence-electron chi connectivity index (χ4n) is 4.21. The van der Waals surface area contributed by atoms with Gasteiger partial charge in [-0.3, -0.25) is 4.67 Å². The SMILES string of the molecule is CN1C(=CP(=S)(c2ccccc2)N2CCOCC2)C(C)(C)c2ccccc21. The summed E-state index contributed by atoms with van der Waals surface area (Å²) in [4.78, 5) is 2.33. The summed E-state index contributed by atoms with van der Waals surface area (Å²) in [6.07, 6.45) is -2.06. The van der Waals surface area contributed by atoms with Crippen LogP contribution in [0.25, 0.3) is 0 Å². The van der Waals surface area contributed by atoms with Gasteiger partial charge in [-0.1, -0.05) is 74.2 Å². The highest BCUT2D eigenvalue weighted by atomic mass is 32.4. The van der Waals surface area contributed by atoms with E-state index in [0.29, 0.717) is 0 Å². The van der Waals surface area contributed by atoms with Gasteiger partial charge in [0.25, 0.3) is 0 Å². The van der Waals surface area contributed by atoms with Crippen LogP contribution in [-0.4, -0.2) is 38.0 Å². The topological polar surface area (TPSA) is 15.7 Å². The lowest BCUT2D eigenvalue weighted by molar-refractivity contribution is 0.0754. The van der Waals surface area contributed by atoms with Gasteiger partial charge in [-0.05, 0) is 17.4 Å². The number of allylic oxidation sites excluding steroid dienone is 1. The molecule has 0 aromatic heterocycles. The van der Waals surface area contributed by atoms with Crippen LogP contribution in [0.3, 0.4) is 0 Å². The fourth-order valence-corrected chi connectivity index (χ4v) is 8.19. The standard InChI is InChI=1S/C22H27N2OPS/c1-22(2)19-11-7-8-12-20(19)23(3)21(22)17-26(27,18-9-5-4-6-10-18)24-13-15-25-16-14-24/h4-12,17H,13-16H2,1-3H3. The van der Waals surface area contributed by atoms with E-state index in [9.17, 15) is 0 Å². The molecule has 3 nitrogen and oxygen atoms in total. The molecule has 2 aliphatic heterocycles. The average Bonchev–Trinajstić information content (AvgIpc) is 2.90. The molecule has 0 spiro atoms. The van der Waals surface area contributed by atoms with Crippen LogP contribution in [0.5, 0.6) is 0 Å². The minimum absolute atomic E-state index is 0.0591. The van der Waals surface area contributed by atoms with Crippen LogP contribution in [0.15, 0.2) is 66.1 Å². The number of fused-ring (bicyclic) bond motifs is 1. The summed E-state index contributed by atoms with van der Waals surface area (Å²) in [6, 6.07) is 19.4. The van der Waals surface area contributed by atoms with E-state index in [1.165, 1.54) is 22.3 Å². The summed E-state index contributed by atoms with van der Waals surface area (Å²) in [6.45, 7) is 7.93. The number of ether oxygens (including phenoxy) is 1. The second kappa shape index (κ2) is 7.18. The first-order valence-corrected chi connectivity index (χ1v) is 12.3. The summed E-state index contributed by atoms with van der Waals surface area (Å²) < 4.78 is 8.10. The Labute approximate surface area is 167 Å². The molecule has 0 amide bonds. The van der Waals surface area contributed by atoms with Gasteiger partial charge in [-0.25, -0.2) is 0 Å². The van der Waals surface area contributed by atoms with E-state index in [4.69, 9.17) is 16.5 Å². The van der Waals surface area contributed by atoms with Crippen LogP contribution in [0, 0.1) is 0 Å². The molecule has 2 heterocycles. The van der Waals surface area contributed by atoms with Crippen molar-refractivity contribution in [1.82, 2.24) is 4.67 Å². The third-order valence-electron chi connectivity index (χ3n) is 5.77. The highest BCUT2D eigenvalue weighted by Gasteiger charge is 2.40. The predicted octanol–water partition coefficient (Wildman–Crippen LogP) is 4.31. The van der Waals surface area contributed by atoms with Crippen molar-refractivity contribution < 1.29 is 4.74 Å². The number of para-hydroxylation sites is 1. The van der Waals surface area contributed by atoms with Crippen molar-refractivity contribution in [3.8, 4) is 0 Å². The van der Waals surface area contributed by atoms with Gasteiger partial charge in [0.1, 0.15) is 0 Å². The third kappa shape index (κ3) is 3.19. The molecule has 5 heteroatoms. The Kier molecular flexibility index (Phi) is 5.02. The molecule has 1 saturated heterocycles. The quantitative estimate of drug-likeness (QED) is 0.716. The zero-order chi connectivity index (χ0) is 19.1. The number of hydrogen-bond acceptors (Lipinski definition) is 3. The van der Waals surface area contributed by atoms with Crippen LogP contribution in [0.4, 0.5) is 5.69 Å². The minimum Gasteiger partial charge on any atom is -0.379 e. The Hall–Kier alpha value is -1.45. The van der Waals surface area contributed by atoms with E-state index >= 15 is 0 Å². The Bertz CT molecular complexity index is 904. The maximum atomic E-state index is 6.47. The average molecular weight is 399 g/mol. The van der Waals surface area contributed by atoms with Gasteiger partial charge in [0.15, 0.2) is 0 Å². The molecule has 1 unspecified atom stereocenters. The first kappa shape index (κ1) is 18.9. The van der Waals surface area contributed by atoms with Crippen LogP contribution in [-0.2, 0) is 22.0 Å². The molecule has 142 valence electrons. The zero-order valence-corrected chi connectivity index (χ0v) is 18.0. The molecule has 4 rings (SSSR count). The van der Waals surface area contributed by atoms with E-state index in [1.54, 1.807) is 0 Å². The molecule has 2 aromatic carbocycles. The van der Waals surface area contributed by atoms with Gasteiger partial charge in [0.2, 0.25) is 0 Å². The van der Waals surface area contributed by atoms with E-state index in [-0.39, 0.29) is 5.41 Å². The lowest BCUT2D eigenvalue weighted by Crippen LogP contribution is -2.36. The van der Waals surface area contributed by atoms with Crippen LogP contribution in [0.2, 0.25) is 0 Å². The van der Waals surface area contributed by atoms with E-state index in [2.05, 4.69) is 90.9 Å². The lowest BCUT2D eigenvalue weighted by atomic mass is 9.84. The number of hydrogen-bond donors (Lipinski definition) is 0. The lowest BCUT2D eigenvalue weighted by Gasteiger charge is -2.38. The third-order valence-corrected chi connectivity index (χ3v) is 10.3. The Morgan fingerprint density at radius 2 is 1.63 bits per heavy atom. The number of morpholine rings is 1. The molecule has 0 aliphatic carbocycles. The molecule has 1 atom stereocenters. The van der Waals surface area contributed by atoms with Crippen molar-refractivity contribution in [1.29, 1.82) is 0 Å². The Balaban J connectivity index is 1.86. The highest BCUT2D eigenvalue weighted by Crippen LogP contribution is 2.56. The smallest absolute Gasteiger partial charge is 0.0659 e. The number of nitrogens with zero attached hydrogens (tertiary/aromatic N) is 2.